The standard InChI is InChI=1S/C37H44ClN3O7/c1-3-5-18-30(43)39-24-29(25-14-8-6-9-15-25)47-36(46)31-28-19-20-37(48-28)32(31)34(44)41(22-12-7-13-23-42)33(37)35(45)40(21-4-2)27-17-11-10-16-26(27)38/h3-4,6,8-11,14-17,28-29,31-33,42H,1-2,5,7,12-13,18-24H2,(H,39,43)/t28-,29+,31+,32+,33-,37+/m1/s1. The molecule has 10 nitrogen and oxygen atoms in total. The molecule has 2 bridgehead atoms. The molecule has 0 aliphatic carbocycles. The van der Waals surface area contributed by atoms with Gasteiger partial charge in [0.2, 0.25) is 11.8 Å². The number of halogens is 1. The molecule has 3 amide bonds. The molecule has 2 N–H and O–H groups in total. The first-order valence-electron chi connectivity index (χ1n) is 16.7. The van der Waals surface area contributed by atoms with Crippen molar-refractivity contribution in [3.05, 3.63) is 90.5 Å². The summed E-state index contributed by atoms with van der Waals surface area (Å²) >= 11 is 6.56. The van der Waals surface area contributed by atoms with Gasteiger partial charge < -0.3 is 29.7 Å². The van der Waals surface area contributed by atoms with Crippen LogP contribution in [0.3, 0.4) is 0 Å². The third-order valence-electron chi connectivity index (χ3n) is 9.57. The number of carbonyl (C=O) groups excluding carboxylic acids is 4. The summed E-state index contributed by atoms with van der Waals surface area (Å²) in [7, 11) is 0. The summed E-state index contributed by atoms with van der Waals surface area (Å²) in [5.74, 6) is -3.34. The normalized spacial score (nSPS) is 24.5. The van der Waals surface area contributed by atoms with Gasteiger partial charge in [0.15, 0.2) is 0 Å². The van der Waals surface area contributed by atoms with Crippen LogP contribution in [-0.4, -0.2) is 77.7 Å². The first-order chi connectivity index (χ1) is 23.3. The Morgan fingerprint density at radius 1 is 1.10 bits per heavy atom. The van der Waals surface area contributed by atoms with Crippen molar-refractivity contribution in [2.75, 3.05) is 31.1 Å². The average molecular weight is 678 g/mol. The number of anilines is 1. The molecule has 6 atom stereocenters. The number of hydrogen-bond donors (Lipinski definition) is 2. The molecule has 3 aliphatic heterocycles. The molecule has 3 fully saturated rings. The number of nitrogens with zero attached hydrogens (tertiary/aromatic N) is 2. The molecule has 48 heavy (non-hydrogen) atoms. The molecule has 256 valence electrons. The van der Waals surface area contributed by atoms with Gasteiger partial charge in [0.25, 0.3) is 5.91 Å². The Bertz CT molecular complexity index is 1500. The Labute approximate surface area is 286 Å². The number of allylic oxidation sites excluding steroid dienone is 1. The van der Waals surface area contributed by atoms with Crippen LogP contribution >= 0.6 is 11.6 Å². The molecule has 0 unspecified atom stereocenters. The van der Waals surface area contributed by atoms with E-state index in [9.17, 15) is 24.3 Å². The number of unbranched alkanes of at least 4 members (excludes halogenated alkanes) is 2. The minimum atomic E-state index is -1.23. The van der Waals surface area contributed by atoms with E-state index in [1.807, 2.05) is 30.3 Å². The largest absolute Gasteiger partial charge is 0.455 e. The van der Waals surface area contributed by atoms with Crippen LogP contribution in [0.1, 0.15) is 56.6 Å². The first-order valence-corrected chi connectivity index (χ1v) is 17.0. The summed E-state index contributed by atoms with van der Waals surface area (Å²) in [4.78, 5) is 58.8. The number of esters is 1. The van der Waals surface area contributed by atoms with Crippen LogP contribution in [0.25, 0.3) is 0 Å². The summed E-state index contributed by atoms with van der Waals surface area (Å²) in [5, 5.41) is 12.6. The van der Waals surface area contributed by atoms with Gasteiger partial charge in [0.05, 0.1) is 35.2 Å². The summed E-state index contributed by atoms with van der Waals surface area (Å²) in [5.41, 5.74) is -0.0489. The van der Waals surface area contributed by atoms with Gasteiger partial charge >= 0.3 is 5.97 Å². The number of hydrogen-bond acceptors (Lipinski definition) is 7. The molecule has 3 saturated heterocycles. The third kappa shape index (κ3) is 7.06. The SMILES string of the molecule is C=CCCC(=O)NC[C@H](OC(=O)[C@@H]1[C@H]2C(=O)N(CCCCCO)[C@H](C(=O)N(CC=C)c3ccccc3Cl)[C@]23CC[C@H]1O3)c1ccccc1. The van der Waals surface area contributed by atoms with E-state index < -0.39 is 41.7 Å². The van der Waals surface area contributed by atoms with Gasteiger partial charge in [-0.3, -0.25) is 19.2 Å². The predicted octanol–water partition coefficient (Wildman–Crippen LogP) is 4.76. The lowest BCUT2D eigenvalue weighted by molar-refractivity contribution is -0.160. The van der Waals surface area contributed by atoms with Gasteiger partial charge in [-0.1, -0.05) is 66.2 Å². The van der Waals surface area contributed by atoms with E-state index >= 15 is 0 Å². The van der Waals surface area contributed by atoms with E-state index in [2.05, 4.69) is 18.5 Å². The number of likely N-dealkylation sites (tertiary alicyclic amines) is 1. The summed E-state index contributed by atoms with van der Waals surface area (Å²) < 4.78 is 12.7. The Morgan fingerprint density at radius 2 is 1.85 bits per heavy atom. The van der Waals surface area contributed by atoms with Crippen molar-refractivity contribution in [3.63, 3.8) is 0 Å². The van der Waals surface area contributed by atoms with Crippen molar-refractivity contribution in [3.8, 4) is 0 Å². The molecule has 3 heterocycles. The van der Waals surface area contributed by atoms with Gasteiger partial charge in [0, 0.05) is 26.1 Å². The fraction of sp³-hybridized carbons (Fsp3) is 0.459. The fourth-order valence-electron chi connectivity index (χ4n) is 7.41. The molecule has 0 radical (unpaired) electrons. The fourth-order valence-corrected chi connectivity index (χ4v) is 7.65. The van der Waals surface area contributed by atoms with Gasteiger partial charge in [-0.2, -0.15) is 0 Å². The Kier molecular flexibility index (Phi) is 11.7. The molecule has 3 aliphatic rings. The van der Waals surface area contributed by atoms with Crippen LogP contribution in [0.4, 0.5) is 5.69 Å². The van der Waals surface area contributed by atoms with Crippen molar-refractivity contribution in [1.29, 1.82) is 0 Å². The molecule has 11 heteroatoms. The molecule has 0 aromatic heterocycles. The highest BCUT2D eigenvalue weighted by molar-refractivity contribution is 6.34. The van der Waals surface area contributed by atoms with Gasteiger partial charge in [-0.05, 0) is 56.2 Å². The number of nitrogens with one attached hydrogen (secondary N) is 1. The second kappa shape index (κ2) is 15.9. The zero-order valence-corrected chi connectivity index (χ0v) is 27.9. The predicted molar refractivity (Wildman–Crippen MR) is 182 cm³/mol. The Hall–Kier alpha value is -3.99. The minimum Gasteiger partial charge on any atom is -0.455 e. The van der Waals surface area contributed by atoms with Crippen molar-refractivity contribution in [1.82, 2.24) is 10.2 Å². The van der Waals surface area contributed by atoms with Crippen molar-refractivity contribution >= 4 is 41.0 Å². The smallest absolute Gasteiger partial charge is 0.313 e. The summed E-state index contributed by atoms with van der Waals surface area (Å²) in [6, 6.07) is 15.1. The van der Waals surface area contributed by atoms with Crippen LogP contribution in [-0.2, 0) is 28.7 Å². The van der Waals surface area contributed by atoms with E-state index in [-0.39, 0.29) is 50.4 Å². The molecule has 2 aromatic rings. The maximum absolute atomic E-state index is 14.7. The molecule has 5 rings (SSSR count). The highest BCUT2D eigenvalue weighted by Gasteiger charge is 2.75. The molecular formula is C37H44ClN3O7. The highest BCUT2D eigenvalue weighted by Crippen LogP contribution is 2.59. The van der Waals surface area contributed by atoms with Crippen LogP contribution < -0.4 is 10.2 Å². The van der Waals surface area contributed by atoms with Crippen molar-refractivity contribution in [2.24, 2.45) is 11.8 Å². The number of fused-ring (bicyclic) bond motifs is 1. The Balaban J connectivity index is 1.45. The number of ether oxygens (including phenoxy) is 2. The number of carbonyl (C=O) groups is 4. The lowest BCUT2D eigenvalue weighted by Gasteiger charge is -2.37. The zero-order valence-electron chi connectivity index (χ0n) is 27.1. The Morgan fingerprint density at radius 3 is 2.56 bits per heavy atom. The van der Waals surface area contributed by atoms with Gasteiger partial charge in [-0.25, -0.2) is 0 Å². The summed E-state index contributed by atoms with van der Waals surface area (Å²) in [6.07, 6.45) is 5.33. The number of benzene rings is 2. The number of rotatable bonds is 17. The second-order valence-electron chi connectivity index (χ2n) is 12.5. The van der Waals surface area contributed by atoms with E-state index in [0.29, 0.717) is 54.8 Å². The zero-order chi connectivity index (χ0) is 34.3. The van der Waals surface area contributed by atoms with Gasteiger partial charge in [0.1, 0.15) is 17.7 Å². The van der Waals surface area contributed by atoms with E-state index in [1.54, 1.807) is 41.3 Å². The van der Waals surface area contributed by atoms with Crippen LogP contribution in [0.5, 0.6) is 0 Å². The molecule has 0 saturated carbocycles. The lowest BCUT2D eigenvalue weighted by Crippen LogP contribution is -2.56. The van der Waals surface area contributed by atoms with E-state index in [0.717, 1.165) is 0 Å². The van der Waals surface area contributed by atoms with Crippen LogP contribution in [0.15, 0.2) is 79.9 Å². The maximum atomic E-state index is 14.7. The van der Waals surface area contributed by atoms with Crippen LogP contribution in [0, 0.1) is 11.8 Å². The second-order valence-corrected chi connectivity index (χ2v) is 12.9. The van der Waals surface area contributed by atoms with Crippen molar-refractivity contribution in [2.45, 2.75) is 68.8 Å². The number of aliphatic hydroxyl groups excluding tert-OH is 1. The molecule has 2 aromatic carbocycles. The molecule has 1 spiro atoms. The topological polar surface area (TPSA) is 125 Å². The number of amides is 3. The quantitative estimate of drug-likeness (QED) is 0.141. The maximum Gasteiger partial charge on any atom is 0.313 e. The first kappa shape index (κ1) is 35.3. The van der Waals surface area contributed by atoms with E-state index in [1.165, 1.54) is 4.90 Å². The lowest BCUT2D eigenvalue weighted by atomic mass is 9.70. The number of aliphatic hydroxyl groups is 1. The minimum absolute atomic E-state index is 0.0263. The molecular weight excluding hydrogens is 634 g/mol. The van der Waals surface area contributed by atoms with Crippen molar-refractivity contribution < 1.29 is 33.8 Å². The van der Waals surface area contributed by atoms with Crippen LogP contribution in [0.2, 0.25) is 5.02 Å². The monoisotopic (exact) mass is 677 g/mol. The average Bonchev–Trinajstić information content (AvgIpc) is 3.74. The van der Waals surface area contributed by atoms with E-state index in [4.69, 9.17) is 21.1 Å². The van der Waals surface area contributed by atoms with Gasteiger partial charge in [-0.15, -0.1) is 13.2 Å². The number of para-hydroxylation sites is 1. The highest BCUT2D eigenvalue weighted by atomic mass is 35.5. The third-order valence-corrected chi connectivity index (χ3v) is 9.89. The summed E-state index contributed by atoms with van der Waals surface area (Å²) in [6.45, 7) is 8.00.